The van der Waals surface area contributed by atoms with Crippen LogP contribution in [-0.2, 0) is 15.3 Å². The van der Waals surface area contributed by atoms with Crippen LogP contribution in [0.15, 0.2) is 30.3 Å². The Morgan fingerprint density at radius 1 is 1.24 bits per heavy atom. The first-order valence-corrected chi connectivity index (χ1v) is 7.96. The van der Waals surface area contributed by atoms with Gasteiger partial charge in [-0.3, -0.25) is 0 Å². The number of nitrogens with one attached hydrogen (secondary N) is 1. The third kappa shape index (κ3) is 3.46. The largest absolute Gasteiger partial charge is 0.343 e. The lowest BCUT2D eigenvalue weighted by atomic mass is 10.1. The standard InChI is InChI=1S/C17H26N2O2/c1-17(14-6-4-3-5-7-14)20-13-16(21-17)12-19(2)15-8-10-18-11-9-15/h3-7,15-16,18H,8-13H2,1-2H3. The maximum Gasteiger partial charge on any atom is 0.192 e. The first-order chi connectivity index (χ1) is 10.2. The van der Waals surface area contributed by atoms with Gasteiger partial charge in [0.05, 0.1) is 12.7 Å². The van der Waals surface area contributed by atoms with Gasteiger partial charge in [0.1, 0.15) is 0 Å². The second-order valence-electron chi connectivity index (χ2n) is 6.28. The molecule has 0 amide bonds. The summed E-state index contributed by atoms with van der Waals surface area (Å²) in [5, 5.41) is 3.42. The van der Waals surface area contributed by atoms with Gasteiger partial charge in [0, 0.05) is 18.2 Å². The van der Waals surface area contributed by atoms with E-state index in [1.54, 1.807) is 0 Å². The first-order valence-electron chi connectivity index (χ1n) is 7.96. The van der Waals surface area contributed by atoms with Gasteiger partial charge in [-0.1, -0.05) is 30.3 Å². The van der Waals surface area contributed by atoms with Crippen LogP contribution >= 0.6 is 0 Å². The van der Waals surface area contributed by atoms with Crippen molar-refractivity contribution in [3.8, 4) is 0 Å². The molecule has 1 aromatic carbocycles. The minimum atomic E-state index is -0.596. The van der Waals surface area contributed by atoms with Crippen molar-refractivity contribution in [3.63, 3.8) is 0 Å². The number of hydrogen-bond donors (Lipinski definition) is 1. The maximum absolute atomic E-state index is 6.22. The zero-order chi connectivity index (χ0) is 14.7. The summed E-state index contributed by atoms with van der Waals surface area (Å²) in [6, 6.07) is 10.9. The Kier molecular flexibility index (Phi) is 4.60. The van der Waals surface area contributed by atoms with Crippen molar-refractivity contribution < 1.29 is 9.47 Å². The van der Waals surface area contributed by atoms with E-state index in [2.05, 4.69) is 29.4 Å². The second-order valence-corrected chi connectivity index (χ2v) is 6.28. The normalized spacial score (nSPS) is 30.9. The van der Waals surface area contributed by atoms with Crippen molar-refractivity contribution in [2.24, 2.45) is 0 Å². The van der Waals surface area contributed by atoms with E-state index < -0.39 is 5.79 Å². The zero-order valence-corrected chi connectivity index (χ0v) is 13.0. The van der Waals surface area contributed by atoms with Gasteiger partial charge < -0.3 is 19.7 Å². The summed E-state index contributed by atoms with van der Waals surface area (Å²) >= 11 is 0. The van der Waals surface area contributed by atoms with Crippen LogP contribution in [0.5, 0.6) is 0 Å². The van der Waals surface area contributed by atoms with Gasteiger partial charge in [-0.25, -0.2) is 0 Å². The van der Waals surface area contributed by atoms with Crippen LogP contribution in [0.2, 0.25) is 0 Å². The van der Waals surface area contributed by atoms with Crippen LogP contribution in [0.3, 0.4) is 0 Å². The predicted molar refractivity (Wildman–Crippen MR) is 83.1 cm³/mol. The van der Waals surface area contributed by atoms with Gasteiger partial charge in [0.15, 0.2) is 5.79 Å². The third-order valence-corrected chi connectivity index (χ3v) is 4.66. The average Bonchev–Trinajstić information content (AvgIpc) is 2.91. The molecule has 2 unspecified atom stereocenters. The van der Waals surface area contributed by atoms with E-state index >= 15 is 0 Å². The number of piperidine rings is 1. The molecule has 21 heavy (non-hydrogen) atoms. The number of nitrogens with zero attached hydrogens (tertiary/aromatic N) is 1. The zero-order valence-electron chi connectivity index (χ0n) is 13.0. The van der Waals surface area contributed by atoms with Crippen LogP contribution < -0.4 is 5.32 Å². The van der Waals surface area contributed by atoms with Crippen LogP contribution in [-0.4, -0.2) is 50.3 Å². The monoisotopic (exact) mass is 290 g/mol. The second kappa shape index (κ2) is 6.44. The number of rotatable bonds is 4. The summed E-state index contributed by atoms with van der Waals surface area (Å²) < 4.78 is 12.2. The number of ether oxygens (including phenoxy) is 2. The van der Waals surface area contributed by atoms with Gasteiger partial charge in [0.2, 0.25) is 0 Å². The molecule has 3 rings (SSSR count). The Bertz CT molecular complexity index is 447. The van der Waals surface area contributed by atoms with E-state index in [0.717, 1.165) is 25.2 Å². The summed E-state index contributed by atoms with van der Waals surface area (Å²) in [5.74, 6) is -0.596. The molecule has 0 bridgehead atoms. The first kappa shape index (κ1) is 15.0. The molecule has 2 aliphatic rings. The number of hydrogen-bond acceptors (Lipinski definition) is 4. The summed E-state index contributed by atoms with van der Waals surface area (Å²) in [4.78, 5) is 2.44. The van der Waals surface area contributed by atoms with Crippen molar-refractivity contribution in [1.82, 2.24) is 10.2 Å². The molecule has 116 valence electrons. The molecule has 4 heteroatoms. The van der Waals surface area contributed by atoms with Crippen molar-refractivity contribution in [1.29, 1.82) is 0 Å². The fourth-order valence-electron chi connectivity index (χ4n) is 3.34. The van der Waals surface area contributed by atoms with Gasteiger partial charge in [0.25, 0.3) is 0 Å². The Balaban J connectivity index is 1.57. The Hall–Kier alpha value is -0.940. The van der Waals surface area contributed by atoms with Crippen LogP contribution in [0, 0.1) is 0 Å². The molecule has 2 atom stereocenters. The quantitative estimate of drug-likeness (QED) is 0.919. The number of likely N-dealkylation sites (N-methyl/N-ethyl adjacent to an activating group) is 1. The Labute approximate surface area is 127 Å². The lowest BCUT2D eigenvalue weighted by Gasteiger charge is -2.33. The molecular weight excluding hydrogens is 264 g/mol. The maximum atomic E-state index is 6.22. The van der Waals surface area contributed by atoms with Crippen molar-refractivity contribution in [2.75, 3.05) is 33.3 Å². The van der Waals surface area contributed by atoms with Crippen molar-refractivity contribution in [2.45, 2.75) is 37.7 Å². The van der Waals surface area contributed by atoms with Crippen molar-refractivity contribution >= 4 is 0 Å². The lowest BCUT2D eigenvalue weighted by Crippen LogP contribution is -2.44. The van der Waals surface area contributed by atoms with Gasteiger partial charge in [-0.2, -0.15) is 0 Å². The molecule has 1 N–H and O–H groups in total. The highest BCUT2D eigenvalue weighted by Gasteiger charge is 2.39. The molecular formula is C17H26N2O2. The van der Waals surface area contributed by atoms with Crippen LogP contribution in [0.4, 0.5) is 0 Å². The van der Waals surface area contributed by atoms with Gasteiger partial charge in [-0.15, -0.1) is 0 Å². The highest BCUT2D eigenvalue weighted by molar-refractivity contribution is 5.20. The Morgan fingerprint density at radius 2 is 1.95 bits per heavy atom. The molecule has 0 aromatic heterocycles. The summed E-state index contributed by atoms with van der Waals surface area (Å²) in [6.45, 7) is 5.87. The Morgan fingerprint density at radius 3 is 2.67 bits per heavy atom. The smallest absolute Gasteiger partial charge is 0.192 e. The summed E-state index contributed by atoms with van der Waals surface area (Å²) in [5.41, 5.74) is 1.09. The third-order valence-electron chi connectivity index (χ3n) is 4.66. The fourth-order valence-corrected chi connectivity index (χ4v) is 3.34. The minimum absolute atomic E-state index is 0.148. The molecule has 0 saturated carbocycles. The molecule has 2 fully saturated rings. The molecule has 4 nitrogen and oxygen atoms in total. The van der Waals surface area contributed by atoms with Crippen LogP contribution in [0.1, 0.15) is 25.3 Å². The van der Waals surface area contributed by atoms with Crippen molar-refractivity contribution in [3.05, 3.63) is 35.9 Å². The number of benzene rings is 1. The molecule has 2 heterocycles. The van der Waals surface area contributed by atoms with E-state index in [0.29, 0.717) is 12.6 Å². The molecule has 2 saturated heterocycles. The molecule has 0 radical (unpaired) electrons. The summed E-state index contributed by atoms with van der Waals surface area (Å²) in [7, 11) is 2.21. The van der Waals surface area contributed by atoms with Gasteiger partial charge >= 0.3 is 0 Å². The molecule has 0 aliphatic carbocycles. The van der Waals surface area contributed by atoms with E-state index in [-0.39, 0.29) is 6.10 Å². The van der Waals surface area contributed by atoms with E-state index in [4.69, 9.17) is 9.47 Å². The highest BCUT2D eigenvalue weighted by Crippen LogP contribution is 2.34. The average molecular weight is 290 g/mol. The molecule has 1 aromatic rings. The van der Waals surface area contributed by atoms with Gasteiger partial charge in [-0.05, 0) is 39.9 Å². The SMILES string of the molecule is CN(CC1COC(C)(c2ccccc2)O1)C1CCNCC1. The highest BCUT2D eigenvalue weighted by atomic mass is 16.7. The van der Waals surface area contributed by atoms with E-state index in [1.807, 2.05) is 25.1 Å². The fraction of sp³-hybridized carbons (Fsp3) is 0.647. The molecule has 0 spiro atoms. The van der Waals surface area contributed by atoms with E-state index in [9.17, 15) is 0 Å². The summed E-state index contributed by atoms with van der Waals surface area (Å²) in [6.07, 6.45) is 2.59. The molecule has 2 aliphatic heterocycles. The minimum Gasteiger partial charge on any atom is -0.343 e. The topological polar surface area (TPSA) is 33.7 Å². The lowest BCUT2D eigenvalue weighted by molar-refractivity contribution is -0.163. The van der Waals surface area contributed by atoms with Crippen LogP contribution in [0.25, 0.3) is 0 Å². The predicted octanol–water partition coefficient (Wildman–Crippen LogP) is 1.96. The van der Waals surface area contributed by atoms with E-state index in [1.165, 1.54) is 12.8 Å².